The van der Waals surface area contributed by atoms with Crippen LogP contribution in [0.4, 0.5) is 10.1 Å². The number of anilines is 1. The summed E-state index contributed by atoms with van der Waals surface area (Å²) in [6.45, 7) is 3.71. The Labute approximate surface area is 141 Å². The monoisotopic (exact) mass is 350 g/mol. The number of nitrogens with one attached hydrogen (secondary N) is 2. The van der Waals surface area contributed by atoms with Crippen molar-refractivity contribution in [3.63, 3.8) is 0 Å². The number of amides is 1. The molecule has 0 aliphatic carbocycles. The van der Waals surface area contributed by atoms with E-state index >= 15 is 0 Å². The molecule has 0 radical (unpaired) electrons. The zero-order valence-corrected chi connectivity index (χ0v) is 14.3. The molecule has 1 amide bonds. The second kappa shape index (κ2) is 7.55. The minimum absolute atomic E-state index is 0.0255. The summed E-state index contributed by atoms with van der Waals surface area (Å²) >= 11 is 0. The van der Waals surface area contributed by atoms with Crippen molar-refractivity contribution < 1.29 is 17.6 Å². The van der Waals surface area contributed by atoms with Crippen LogP contribution in [-0.4, -0.2) is 20.9 Å². The number of aryl methyl sites for hydroxylation is 2. The van der Waals surface area contributed by atoms with Crippen LogP contribution in [-0.2, 0) is 14.8 Å². The van der Waals surface area contributed by atoms with Gasteiger partial charge in [0.2, 0.25) is 15.9 Å². The van der Waals surface area contributed by atoms with Gasteiger partial charge in [-0.05, 0) is 61.4 Å². The van der Waals surface area contributed by atoms with Crippen molar-refractivity contribution in [2.45, 2.75) is 25.2 Å². The fourth-order valence-electron chi connectivity index (χ4n) is 2.02. The van der Waals surface area contributed by atoms with Crippen LogP contribution in [0.1, 0.15) is 17.5 Å². The van der Waals surface area contributed by atoms with E-state index in [0.717, 1.165) is 11.1 Å². The first-order valence-corrected chi connectivity index (χ1v) is 8.88. The summed E-state index contributed by atoms with van der Waals surface area (Å²) in [7, 11) is -3.65. The highest BCUT2D eigenvalue weighted by molar-refractivity contribution is 7.89. The third-order valence-electron chi connectivity index (χ3n) is 3.56. The Morgan fingerprint density at radius 3 is 2.33 bits per heavy atom. The van der Waals surface area contributed by atoms with Gasteiger partial charge in [0.05, 0.1) is 4.90 Å². The summed E-state index contributed by atoms with van der Waals surface area (Å²) in [4.78, 5) is 11.9. The Bertz CT molecular complexity index is 833. The lowest BCUT2D eigenvalue weighted by Gasteiger charge is -2.09. The second-order valence-electron chi connectivity index (χ2n) is 5.45. The van der Waals surface area contributed by atoms with Crippen molar-refractivity contribution in [2.75, 3.05) is 11.9 Å². The molecule has 0 aliphatic heterocycles. The van der Waals surface area contributed by atoms with Crippen LogP contribution in [0, 0.1) is 19.7 Å². The van der Waals surface area contributed by atoms with E-state index in [1.54, 1.807) is 12.1 Å². The lowest BCUT2D eigenvalue weighted by molar-refractivity contribution is -0.116. The number of benzene rings is 2. The molecule has 0 saturated heterocycles. The smallest absolute Gasteiger partial charge is 0.240 e. The molecule has 0 unspecified atom stereocenters. The van der Waals surface area contributed by atoms with Crippen molar-refractivity contribution in [2.24, 2.45) is 0 Å². The Balaban J connectivity index is 1.89. The number of carbonyl (C=O) groups is 1. The summed E-state index contributed by atoms with van der Waals surface area (Å²) < 4.78 is 39.6. The van der Waals surface area contributed by atoms with E-state index < -0.39 is 15.8 Å². The normalized spacial score (nSPS) is 11.3. The molecule has 0 saturated carbocycles. The van der Waals surface area contributed by atoms with Crippen LogP contribution < -0.4 is 10.0 Å². The number of rotatable bonds is 6. The van der Waals surface area contributed by atoms with Crippen molar-refractivity contribution >= 4 is 21.6 Å². The van der Waals surface area contributed by atoms with Crippen LogP contribution in [0.15, 0.2) is 47.4 Å². The number of halogens is 1. The van der Waals surface area contributed by atoms with E-state index in [-0.39, 0.29) is 23.8 Å². The summed E-state index contributed by atoms with van der Waals surface area (Å²) in [6, 6.07) is 10.2. The van der Waals surface area contributed by atoms with Gasteiger partial charge < -0.3 is 5.32 Å². The Kier molecular flexibility index (Phi) is 5.69. The fraction of sp³-hybridized carbons (Fsp3) is 0.235. The average Bonchev–Trinajstić information content (AvgIpc) is 2.52. The Morgan fingerprint density at radius 1 is 1.04 bits per heavy atom. The van der Waals surface area contributed by atoms with Crippen LogP contribution >= 0.6 is 0 Å². The third kappa shape index (κ3) is 4.87. The molecule has 2 aromatic rings. The minimum Gasteiger partial charge on any atom is -0.326 e. The van der Waals surface area contributed by atoms with E-state index in [4.69, 9.17) is 0 Å². The highest BCUT2D eigenvalue weighted by atomic mass is 32.2. The van der Waals surface area contributed by atoms with E-state index in [2.05, 4.69) is 10.0 Å². The van der Waals surface area contributed by atoms with E-state index in [0.29, 0.717) is 5.69 Å². The van der Waals surface area contributed by atoms with Crippen LogP contribution in [0.25, 0.3) is 0 Å². The van der Waals surface area contributed by atoms with E-state index in [9.17, 15) is 17.6 Å². The predicted molar refractivity (Wildman–Crippen MR) is 90.8 cm³/mol. The van der Waals surface area contributed by atoms with Gasteiger partial charge in [-0.25, -0.2) is 17.5 Å². The fourth-order valence-corrected chi connectivity index (χ4v) is 3.14. The molecule has 5 nitrogen and oxygen atoms in total. The summed E-state index contributed by atoms with van der Waals surface area (Å²) in [5, 5.41) is 2.57. The van der Waals surface area contributed by atoms with Gasteiger partial charge in [0.1, 0.15) is 5.82 Å². The molecule has 0 spiro atoms. The van der Waals surface area contributed by atoms with Gasteiger partial charge in [-0.3, -0.25) is 4.79 Å². The molecule has 2 aromatic carbocycles. The minimum atomic E-state index is -3.65. The molecule has 2 N–H and O–H groups in total. The first-order valence-electron chi connectivity index (χ1n) is 7.40. The van der Waals surface area contributed by atoms with Gasteiger partial charge in [-0.2, -0.15) is 0 Å². The maximum atomic E-state index is 12.8. The summed E-state index contributed by atoms with van der Waals surface area (Å²) in [5.41, 5.74) is 2.35. The van der Waals surface area contributed by atoms with Crippen LogP contribution in [0.3, 0.4) is 0 Å². The number of hydrogen-bond donors (Lipinski definition) is 2. The molecular weight excluding hydrogens is 331 g/mol. The van der Waals surface area contributed by atoms with Gasteiger partial charge >= 0.3 is 0 Å². The SMILES string of the molecule is Cc1ccc(S(=O)(=O)NCCC(=O)Nc2ccc(F)cc2)cc1C. The standard InChI is InChI=1S/C17H19FN2O3S/c1-12-3-8-16(11-13(12)2)24(22,23)19-10-9-17(21)20-15-6-4-14(18)5-7-15/h3-8,11,19H,9-10H2,1-2H3,(H,20,21). The molecule has 0 heterocycles. The van der Waals surface area contributed by atoms with Crippen molar-refractivity contribution in [3.05, 3.63) is 59.4 Å². The molecule has 0 bridgehead atoms. The topological polar surface area (TPSA) is 75.3 Å². The predicted octanol–water partition coefficient (Wildman–Crippen LogP) is 2.75. The van der Waals surface area contributed by atoms with Gasteiger partial charge in [0, 0.05) is 18.7 Å². The molecule has 0 fully saturated rings. The third-order valence-corrected chi connectivity index (χ3v) is 5.02. The molecule has 2 rings (SSSR count). The zero-order chi connectivity index (χ0) is 17.7. The first-order chi connectivity index (χ1) is 11.3. The highest BCUT2D eigenvalue weighted by Crippen LogP contribution is 2.14. The lowest BCUT2D eigenvalue weighted by atomic mass is 10.1. The van der Waals surface area contributed by atoms with Crippen LogP contribution in [0.5, 0.6) is 0 Å². The maximum Gasteiger partial charge on any atom is 0.240 e. The molecule has 0 atom stereocenters. The van der Waals surface area contributed by atoms with Gasteiger partial charge in [-0.15, -0.1) is 0 Å². The first kappa shape index (κ1) is 18.1. The molecule has 24 heavy (non-hydrogen) atoms. The lowest BCUT2D eigenvalue weighted by Crippen LogP contribution is -2.28. The average molecular weight is 350 g/mol. The zero-order valence-electron chi connectivity index (χ0n) is 13.5. The van der Waals surface area contributed by atoms with E-state index in [1.807, 2.05) is 13.8 Å². The Hall–Kier alpha value is -2.25. The largest absolute Gasteiger partial charge is 0.326 e. The molecule has 0 aliphatic rings. The van der Waals surface area contributed by atoms with Crippen molar-refractivity contribution in [3.8, 4) is 0 Å². The van der Waals surface area contributed by atoms with Gasteiger partial charge in [0.25, 0.3) is 0 Å². The number of hydrogen-bond acceptors (Lipinski definition) is 3. The van der Waals surface area contributed by atoms with Gasteiger partial charge in [-0.1, -0.05) is 6.07 Å². The highest BCUT2D eigenvalue weighted by Gasteiger charge is 2.14. The maximum absolute atomic E-state index is 12.8. The van der Waals surface area contributed by atoms with Crippen LogP contribution in [0.2, 0.25) is 0 Å². The molecule has 0 aromatic heterocycles. The summed E-state index contributed by atoms with van der Waals surface area (Å²) in [5.74, 6) is -0.751. The number of carbonyl (C=O) groups excluding carboxylic acids is 1. The van der Waals surface area contributed by atoms with Gasteiger partial charge in [0.15, 0.2) is 0 Å². The summed E-state index contributed by atoms with van der Waals surface area (Å²) in [6.07, 6.45) is -0.0263. The second-order valence-corrected chi connectivity index (χ2v) is 7.22. The quantitative estimate of drug-likeness (QED) is 0.841. The molecule has 128 valence electrons. The van der Waals surface area contributed by atoms with Crippen molar-refractivity contribution in [1.82, 2.24) is 4.72 Å². The Morgan fingerprint density at radius 2 is 1.71 bits per heavy atom. The molecular formula is C17H19FN2O3S. The molecule has 7 heteroatoms. The number of sulfonamides is 1. The van der Waals surface area contributed by atoms with Crippen molar-refractivity contribution in [1.29, 1.82) is 0 Å². The van der Waals surface area contributed by atoms with E-state index in [1.165, 1.54) is 30.3 Å².